The molecular formula is C23H24N4O4. The van der Waals surface area contributed by atoms with E-state index in [1.54, 1.807) is 21.3 Å². The maximum absolute atomic E-state index is 5.91. The molecule has 8 nitrogen and oxygen atoms in total. The van der Waals surface area contributed by atoms with Crippen LogP contribution in [0.4, 0.5) is 0 Å². The van der Waals surface area contributed by atoms with Gasteiger partial charge in [0.05, 0.1) is 45.0 Å². The van der Waals surface area contributed by atoms with Gasteiger partial charge in [-0.25, -0.2) is 15.0 Å². The highest BCUT2D eigenvalue weighted by Gasteiger charge is 2.24. The quantitative estimate of drug-likeness (QED) is 0.469. The summed E-state index contributed by atoms with van der Waals surface area (Å²) in [4.78, 5) is 14.5. The van der Waals surface area contributed by atoms with Gasteiger partial charge in [0.25, 0.3) is 0 Å². The number of benzene rings is 2. The molecule has 1 aliphatic rings. The van der Waals surface area contributed by atoms with E-state index in [0.717, 1.165) is 47.5 Å². The van der Waals surface area contributed by atoms with Crippen molar-refractivity contribution in [1.29, 1.82) is 0 Å². The zero-order chi connectivity index (χ0) is 21.4. The van der Waals surface area contributed by atoms with E-state index in [4.69, 9.17) is 33.9 Å². The van der Waals surface area contributed by atoms with Gasteiger partial charge in [0, 0.05) is 12.2 Å². The molecule has 0 spiro atoms. The maximum atomic E-state index is 5.91. The van der Waals surface area contributed by atoms with E-state index in [0.29, 0.717) is 29.4 Å². The average molecular weight is 420 g/mol. The van der Waals surface area contributed by atoms with Gasteiger partial charge in [0.1, 0.15) is 5.82 Å². The third kappa shape index (κ3) is 3.42. The van der Waals surface area contributed by atoms with E-state index in [9.17, 15) is 0 Å². The normalized spacial score (nSPS) is 16.2. The summed E-state index contributed by atoms with van der Waals surface area (Å²) in [6.07, 6.45) is 2.19. The summed E-state index contributed by atoms with van der Waals surface area (Å²) < 4.78 is 24.6. The first-order valence-corrected chi connectivity index (χ1v) is 10.3. The molecule has 1 unspecified atom stereocenters. The highest BCUT2D eigenvalue weighted by Crippen LogP contribution is 2.41. The number of aromatic nitrogens is 4. The molecule has 4 aromatic rings. The molecule has 3 heterocycles. The van der Waals surface area contributed by atoms with E-state index in [2.05, 4.69) is 4.57 Å². The molecule has 8 heteroatoms. The minimum Gasteiger partial charge on any atom is -0.493 e. The van der Waals surface area contributed by atoms with E-state index in [-0.39, 0.29) is 6.10 Å². The second kappa shape index (κ2) is 8.03. The summed E-state index contributed by atoms with van der Waals surface area (Å²) in [5, 5.41) is 0. The number of rotatable bonds is 6. The van der Waals surface area contributed by atoms with Gasteiger partial charge in [-0.05, 0) is 37.1 Å². The van der Waals surface area contributed by atoms with Crippen molar-refractivity contribution in [2.45, 2.75) is 25.5 Å². The largest absolute Gasteiger partial charge is 0.493 e. The third-order valence-corrected chi connectivity index (χ3v) is 5.59. The second-order valence-corrected chi connectivity index (χ2v) is 7.45. The van der Waals surface area contributed by atoms with Crippen molar-refractivity contribution in [1.82, 2.24) is 19.5 Å². The fraction of sp³-hybridized carbons (Fsp3) is 0.348. The fourth-order valence-corrected chi connectivity index (χ4v) is 4.09. The number of nitrogens with zero attached hydrogens (tertiary/aromatic N) is 4. The lowest BCUT2D eigenvalue weighted by molar-refractivity contribution is 0.0981. The van der Waals surface area contributed by atoms with Gasteiger partial charge in [0.2, 0.25) is 5.75 Å². The number of hydrogen-bond acceptors (Lipinski definition) is 7. The molecule has 0 bridgehead atoms. The topological polar surface area (TPSA) is 80.5 Å². The van der Waals surface area contributed by atoms with Crippen molar-refractivity contribution in [3.05, 3.63) is 36.4 Å². The maximum Gasteiger partial charge on any atom is 0.203 e. The van der Waals surface area contributed by atoms with E-state index in [1.807, 2.05) is 36.4 Å². The predicted molar refractivity (Wildman–Crippen MR) is 117 cm³/mol. The summed E-state index contributed by atoms with van der Waals surface area (Å²) >= 11 is 0. The molecule has 5 rings (SSSR count). The fourth-order valence-electron chi connectivity index (χ4n) is 4.09. The van der Waals surface area contributed by atoms with Crippen molar-refractivity contribution >= 4 is 22.3 Å². The highest BCUT2D eigenvalue weighted by atomic mass is 16.5. The van der Waals surface area contributed by atoms with Crippen LogP contribution in [0.1, 0.15) is 12.8 Å². The lowest BCUT2D eigenvalue weighted by atomic mass is 10.1. The Morgan fingerprint density at radius 2 is 1.68 bits per heavy atom. The molecule has 31 heavy (non-hydrogen) atoms. The third-order valence-electron chi connectivity index (χ3n) is 5.59. The minimum atomic E-state index is 0.117. The van der Waals surface area contributed by atoms with Crippen LogP contribution in [0.25, 0.3) is 33.7 Å². The Morgan fingerprint density at radius 3 is 2.29 bits per heavy atom. The number of methoxy groups -OCH3 is 3. The highest BCUT2D eigenvalue weighted by molar-refractivity contribution is 5.85. The predicted octanol–water partition coefficient (Wildman–Crippen LogP) is 3.85. The SMILES string of the molecule is COc1cc(-c2nc3nc4ccccc4nc3n2CC2CCCO2)cc(OC)c1OC. The van der Waals surface area contributed by atoms with E-state index in [1.165, 1.54) is 0 Å². The standard InChI is InChI=1S/C23H24N4O4/c1-28-18-11-14(12-19(29-2)20(18)30-3)22-26-21-23(27(22)13-15-7-6-10-31-15)25-17-9-5-4-8-16(17)24-21/h4-5,8-9,11-12,15H,6-7,10,13H2,1-3H3. The van der Waals surface area contributed by atoms with Gasteiger partial charge in [-0.3, -0.25) is 0 Å². The Balaban J connectivity index is 1.74. The Bertz CT molecular complexity index is 1220. The van der Waals surface area contributed by atoms with Gasteiger partial charge < -0.3 is 23.5 Å². The molecule has 1 atom stereocenters. The number of ether oxygens (including phenoxy) is 4. The van der Waals surface area contributed by atoms with Gasteiger partial charge in [-0.2, -0.15) is 0 Å². The van der Waals surface area contributed by atoms with Gasteiger partial charge >= 0.3 is 0 Å². The first-order chi connectivity index (χ1) is 15.2. The Hall–Kier alpha value is -3.39. The molecule has 0 aliphatic carbocycles. The molecule has 0 amide bonds. The second-order valence-electron chi connectivity index (χ2n) is 7.45. The zero-order valence-corrected chi connectivity index (χ0v) is 17.8. The molecule has 2 aromatic carbocycles. The first-order valence-electron chi connectivity index (χ1n) is 10.3. The molecule has 1 fully saturated rings. The number of hydrogen-bond donors (Lipinski definition) is 0. The van der Waals surface area contributed by atoms with Crippen molar-refractivity contribution in [2.24, 2.45) is 0 Å². The molecule has 1 aliphatic heterocycles. The Labute approximate surface area is 179 Å². The smallest absolute Gasteiger partial charge is 0.203 e. The monoisotopic (exact) mass is 420 g/mol. The molecule has 0 saturated carbocycles. The van der Waals surface area contributed by atoms with E-state index >= 15 is 0 Å². The Morgan fingerprint density at radius 1 is 0.968 bits per heavy atom. The van der Waals surface area contributed by atoms with Gasteiger partial charge in [-0.15, -0.1) is 0 Å². The van der Waals surface area contributed by atoms with Crippen molar-refractivity contribution < 1.29 is 18.9 Å². The van der Waals surface area contributed by atoms with Crippen molar-refractivity contribution in [3.63, 3.8) is 0 Å². The van der Waals surface area contributed by atoms with Crippen LogP contribution in [-0.2, 0) is 11.3 Å². The number of para-hydroxylation sites is 2. The minimum absolute atomic E-state index is 0.117. The lowest BCUT2D eigenvalue weighted by Crippen LogP contribution is -2.16. The van der Waals surface area contributed by atoms with Gasteiger partial charge in [-0.1, -0.05) is 12.1 Å². The lowest BCUT2D eigenvalue weighted by Gasteiger charge is -2.16. The van der Waals surface area contributed by atoms with Crippen LogP contribution in [0.15, 0.2) is 36.4 Å². The van der Waals surface area contributed by atoms with Crippen LogP contribution < -0.4 is 14.2 Å². The number of imidazole rings is 1. The summed E-state index contributed by atoms with van der Waals surface area (Å²) in [5.41, 5.74) is 3.81. The van der Waals surface area contributed by atoms with Gasteiger partial charge in [0.15, 0.2) is 22.8 Å². The Kier molecular flexibility index (Phi) is 5.07. The van der Waals surface area contributed by atoms with Crippen LogP contribution >= 0.6 is 0 Å². The first kappa shape index (κ1) is 19.6. The molecule has 0 N–H and O–H groups in total. The summed E-state index contributed by atoms with van der Waals surface area (Å²) in [6, 6.07) is 11.6. The molecule has 0 radical (unpaired) electrons. The van der Waals surface area contributed by atoms with Crippen LogP contribution in [0.3, 0.4) is 0 Å². The molecule has 160 valence electrons. The van der Waals surface area contributed by atoms with Crippen LogP contribution in [-0.4, -0.2) is 53.6 Å². The zero-order valence-electron chi connectivity index (χ0n) is 17.8. The average Bonchev–Trinajstić information content (AvgIpc) is 3.45. The molecule has 2 aromatic heterocycles. The molecular weight excluding hydrogens is 396 g/mol. The van der Waals surface area contributed by atoms with Crippen molar-refractivity contribution in [2.75, 3.05) is 27.9 Å². The summed E-state index contributed by atoms with van der Waals surface area (Å²) in [5.74, 6) is 2.41. The summed E-state index contributed by atoms with van der Waals surface area (Å²) in [6.45, 7) is 1.43. The van der Waals surface area contributed by atoms with Crippen molar-refractivity contribution in [3.8, 4) is 28.6 Å². The van der Waals surface area contributed by atoms with Crippen LogP contribution in [0, 0.1) is 0 Å². The summed E-state index contributed by atoms with van der Waals surface area (Å²) in [7, 11) is 4.80. The molecule has 1 saturated heterocycles. The van der Waals surface area contributed by atoms with Crippen LogP contribution in [0.5, 0.6) is 17.2 Å². The van der Waals surface area contributed by atoms with Crippen LogP contribution in [0.2, 0.25) is 0 Å². The number of fused-ring (bicyclic) bond motifs is 2. The van der Waals surface area contributed by atoms with E-state index < -0.39 is 0 Å².